The zero-order valence-corrected chi connectivity index (χ0v) is 11.0. The van der Waals surface area contributed by atoms with Crippen LogP contribution in [0.5, 0.6) is 0 Å². The average molecular weight is 253 g/mol. The Bertz CT molecular complexity index is 412. The minimum Gasteiger partial charge on any atom is -0.314 e. The summed E-state index contributed by atoms with van der Waals surface area (Å²) in [7, 11) is 0. The molecule has 1 aromatic rings. The molecule has 1 aromatic heterocycles. The van der Waals surface area contributed by atoms with Crippen molar-refractivity contribution in [3.05, 3.63) is 22.1 Å². The molecule has 0 spiro atoms. The summed E-state index contributed by atoms with van der Waals surface area (Å²) in [4.78, 5) is 18.3. The second-order valence-corrected chi connectivity index (χ2v) is 5.56. The van der Waals surface area contributed by atoms with E-state index in [0.717, 1.165) is 16.6 Å². The van der Waals surface area contributed by atoms with Crippen molar-refractivity contribution in [3.63, 3.8) is 0 Å². The molecule has 0 amide bonds. The highest BCUT2D eigenvalue weighted by Gasteiger charge is 2.12. The third-order valence-electron chi connectivity index (χ3n) is 2.95. The van der Waals surface area contributed by atoms with Gasteiger partial charge in [0.15, 0.2) is 5.16 Å². The molecule has 2 rings (SSSR count). The number of thioether (sulfide) groups is 1. The van der Waals surface area contributed by atoms with E-state index in [2.05, 4.69) is 15.3 Å². The molecule has 0 bridgehead atoms. The quantitative estimate of drug-likeness (QED) is 0.476. The Morgan fingerprint density at radius 3 is 3.18 bits per heavy atom. The maximum Gasteiger partial charge on any atom is 0.251 e. The number of H-pyrrole nitrogens is 1. The van der Waals surface area contributed by atoms with Crippen molar-refractivity contribution >= 4 is 11.8 Å². The van der Waals surface area contributed by atoms with E-state index in [1.807, 2.05) is 6.92 Å². The molecule has 2 N–H and O–H groups in total. The van der Waals surface area contributed by atoms with Crippen LogP contribution in [0.4, 0.5) is 0 Å². The summed E-state index contributed by atoms with van der Waals surface area (Å²) in [6.45, 7) is 3.02. The summed E-state index contributed by atoms with van der Waals surface area (Å²) in [6, 6.07) is 2.23. The van der Waals surface area contributed by atoms with Crippen LogP contribution in [0.25, 0.3) is 0 Å². The maximum absolute atomic E-state index is 11.2. The van der Waals surface area contributed by atoms with Crippen molar-refractivity contribution in [1.82, 2.24) is 15.3 Å². The highest BCUT2D eigenvalue weighted by atomic mass is 32.2. The number of aromatic amines is 1. The SMILES string of the molecule is Cc1cc(=O)[nH]c(SCCCC2CCCN2)n1. The minimum atomic E-state index is -0.0579. The van der Waals surface area contributed by atoms with Crippen LogP contribution < -0.4 is 10.9 Å². The van der Waals surface area contributed by atoms with Crippen molar-refractivity contribution < 1.29 is 0 Å². The van der Waals surface area contributed by atoms with Gasteiger partial charge < -0.3 is 10.3 Å². The largest absolute Gasteiger partial charge is 0.314 e. The van der Waals surface area contributed by atoms with Crippen molar-refractivity contribution in [2.75, 3.05) is 12.3 Å². The summed E-state index contributed by atoms with van der Waals surface area (Å²) >= 11 is 1.64. The van der Waals surface area contributed by atoms with Crippen LogP contribution in [0.2, 0.25) is 0 Å². The predicted octanol–water partition coefficient (Wildman–Crippen LogP) is 1.70. The van der Waals surface area contributed by atoms with E-state index in [-0.39, 0.29) is 5.56 Å². The normalized spacial score (nSPS) is 19.7. The second kappa shape index (κ2) is 6.21. The molecule has 0 aliphatic carbocycles. The zero-order valence-electron chi connectivity index (χ0n) is 10.2. The predicted molar refractivity (Wildman–Crippen MR) is 70.6 cm³/mol. The van der Waals surface area contributed by atoms with Crippen LogP contribution in [0.1, 0.15) is 31.4 Å². The van der Waals surface area contributed by atoms with Crippen LogP contribution >= 0.6 is 11.8 Å². The van der Waals surface area contributed by atoms with Crippen molar-refractivity contribution in [1.29, 1.82) is 0 Å². The lowest BCUT2D eigenvalue weighted by molar-refractivity contribution is 0.553. The fourth-order valence-electron chi connectivity index (χ4n) is 2.12. The van der Waals surface area contributed by atoms with Gasteiger partial charge in [0.25, 0.3) is 5.56 Å². The Hall–Kier alpha value is -0.810. The highest BCUT2D eigenvalue weighted by molar-refractivity contribution is 7.99. The summed E-state index contributed by atoms with van der Waals surface area (Å²) < 4.78 is 0. The molecule has 1 saturated heterocycles. The van der Waals surface area contributed by atoms with E-state index in [1.165, 1.54) is 38.3 Å². The number of aryl methyl sites for hydroxylation is 1. The van der Waals surface area contributed by atoms with E-state index in [0.29, 0.717) is 6.04 Å². The highest BCUT2D eigenvalue weighted by Crippen LogP contribution is 2.16. The molecule has 0 saturated carbocycles. The fourth-order valence-corrected chi connectivity index (χ4v) is 3.01. The number of aromatic nitrogens is 2. The lowest BCUT2D eigenvalue weighted by Gasteiger charge is -2.08. The van der Waals surface area contributed by atoms with E-state index < -0.39 is 0 Å². The lowest BCUT2D eigenvalue weighted by Crippen LogP contribution is -2.21. The van der Waals surface area contributed by atoms with Crippen LogP contribution in [-0.4, -0.2) is 28.3 Å². The van der Waals surface area contributed by atoms with Gasteiger partial charge in [-0.05, 0) is 39.2 Å². The van der Waals surface area contributed by atoms with Crippen molar-refractivity contribution in [2.45, 2.75) is 43.8 Å². The zero-order chi connectivity index (χ0) is 12.1. The first-order valence-corrected chi connectivity index (χ1v) is 7.17. The van der Waals surface area contributed by atoms with Gasteiger partial charge >= 0.3 is 0 Å². The third-order valence-corrected chi connectivity index (χ3v) is 3.91. The van der Waals surface area contributed by atoms with E-state index in [1.54, 1.807) is 11.8 Å². The maximum atomic E-state index is 11.2. The number of nitrogens with one attached hydrogen (secondary N) is 2. The molecule has 17 heavy (non-hydrogen) atoms. The summed E-state index contributed by atoms with van der Waals surface area (Å²) in [5.41, 5.74) is 0.728. The standard InChI is InChI=1S/C12H19N3OS/c1-9-8-11(16)15-12(14-9)17-7-3-5-10-4-2-6-13-10/h8,10,13H,2-7H2,1H3,(H,14,15,16). The van der Waals surface area contributed by atoms with Gasteiger partial charge in [-0.3, -0.25) is 4.79 Å². The third kappa shape index (κ3) is 4.16. The number of nitrogens with zero attached hydrogens (tertiary/aromatic N) is 1. The van der Waals surface area contributed by atoms with Crippen LogP contribution in [0.3, 0.4) is 0 Å². The first-order valence-electron chi connectivity index (χ1n) is 6.18. The van der Waals surface area contributed by atoms with Crippen LogP contribution in [0, 0.1) is 6.92 Å². The molecule has 5 heteroatoms. The van der Waals surface area contributed by atoms with E-state index in [4.69, 9.17) is 0 Å². The monoisotopic (exact) mass is 253 g/mol. The van der Waals surface area contributed by atoms with E-state index >= 15 is 0 Å². The van der Waals surface area contributed by atoms with Gasteiger partial charge in [0.05, 0.1) is 0 Å². The molecule has 1 atom stereocenters. The molecule has 1 fully saturated rings. The van der Waals surface area contributed by atoms with Crippen molar-refractivity contribution in [3.8, 4) is 0 Å². The molecule has 94 valence electrons. The summed E-state index contributed by atoms with van der Waals surface area (Å²) in [5, 5.41) is 4.24. The number of rotatable bonds is 5. The Kier molecular flexibility index (Phi) is 4.62. The van der Waals surface area contributed by atoms with Gasteiger partial charge in [0.2, 0.25) is 0 Å². The number of hydrogen-bond acceptors (Lipinski definition) is 4. The first kappa shape index (κ1) is 12.6. The lowest BCUT2D eigenvalue weighted by atomic mass is 10.1. The van der Waals surface area contributed by atoms with Gasteiger partial charge in [-0.2, -0.15) is 0 Å². The smallest absolute Gasteiger partial charge is 0.251 e. The Balaban J connectivity index is 1.72. The first-order chi connectivity index (χ1) is 8.24. The van der Waals surface area contributed by atoms with Gasteiger partial charge in [0, 0.05) is 23.6 Å². The molecule has 2 heterocycles. The Morgan fingerprint density at radius 2 is 2.47 bits per heavy atom. The fraction of sp³-hybridized carbons (Fsp3) is 0.667. The summed E-state index contributed by atoms with van der Waals surface area (Å²) in [5.74, 6) is 1.02. The topological polar surface area (TPSA) is 57.8 Å². The number of hydrogen-bond donors (Lipinski definition) is 2. The molecule has 4 nitrogen and oxygen atoms in total. The average Bonchev–Trinajstić information content (AvgIpc) is 2.76. The Labute approximate surface area is 106 Å². The second-order valence-electron chi connectivity index (χ2n) is 4.48. The minimum absolute atomic E-state index is 0.0579. The van der Waals surface area contributed by atoms with Gasteiger partial charge in [-0.1, -0.05) is 11.8 Å². The van der Waals surface area contributed by atoms with Gasteiger partial charge in [-0.15, -0.1) is 0 Å². The van der Waals surface area contributed by atoms with E-state index in [9.17, 15) is 4.79 Å². The molecular weight excluding hydrogens is 234 g/mol. The van der Waals surface area contributed by atoms with Gasteiger partial charge in [-0.25, -0.2) is 4.98 Å². The molecular formula is C12H19N3OS. The molecule has 0 aromatic carbocycles. The molecule has 1 aliphatic rings. The van der Waals surface area contributed by atoms with Gasteiger partial charge in [0.1, 0.15) is 0 Å². The molecule has 1 aliphatic heterocycles. The Morgan fingerprint density at radius 1 is 1.59 bits per heavy atom. The molecule has 1 unspecified atom stereocenters. The van der Waals surface area contributed by atoms with Crippen LogP contribution in [-0.2, 0) is 0 Å². The molecule has 0 radical (unpaired) electrons. The summed E-state index contributed by atoms with van der Waals surface area (Å²) in [6.07, 6.45) is 5.01. The van der Waals surface area contributed by atoms with Crippen LogP contribution in [0.15, 0.2) is 16.0 Å². The van der Waals surface area contributed by atoms with Crippen molar-refractivity contribution in [2.24, 2.45) is 0 Å².